The summed E-state index contributed by atoms with van der Waals surface area (Å²) in [7, 11) is 1.68. The third-order valence-corrected chi connectivity index (χ3v) is 2.89. The molecule has 0 aliphatic heterocycles. The number of carbonyl (C=O) groups excluding carboxylic acids is 1. The molecule has 2 heteroatoms. The summed E-state index contributed by atoms with van der Waals surface area (Å²) in [5.41, 5.74) is -0.108. The maximum absolute atomic E-state index is 11.6. The van der Waals surface area contributed by atoms with Crippen LogP contribution < -0.4 is 0 Å². The van der Waals surface area contributed by atoms with Gasteiger partial charge < -0.3 is 4.74 Å². The van der Waals surface area contributed by atoms with Gasteiger partial charge in [0, 0.05) is 13.5 Å². The van der Waals surface area contributed by atoms with Crippen LogP contribution in [0.3, 0.4) is 0 Å². The van der Waals surface area contributed by atoms with Crippen molar-refractivity contribution in [2.24, 2.45) is 5.41 Å². The van der Waals surface area contributed by atoms with E-state index < -0.39 is 0 Å². The van der Waals surface area contributed by atoms with Gasteiger partial charge in [-0.15, -0.1) is 0 Å². The number of Topliss-reactive ketones (excluding diaryl/α,β-unsaturated/α-hetero) is 1. The summed E-state index contributed by atoms with van der Waals surface area (Å²) in [5, 5.41) is 0. The molecule has 0 saturated heterocycles. The zero-order chi connectivity index (χ0) is 9.03. The number of hydrogen-bond donors (Lipinski definition) is 0. The predicted molar refractivity (Wildman–Crippen MR) is 48.1 cm³/mol. The van der Waals surface area contributed by atoms with Gasteiger partial charge in [-0.25, -0.2) is 0 Å². The van der Waals surface area contributed by atoms with Crippen LogP contribution in [0.4, 0.5) is 0 Å². The molecule has 0 bridgehead atoms. The van der Waals surface area contributed by atoms with Crippen LogP contribution in [0, 0.1) is 5.41 Å². The van der Waals surface area contributed by atoms with Gasteiger partial charge in [0.2, 0.25) is 0 Å². The minimum atomic E-state index is -0.108. The van der Waals surface area contributed by atoms with E-state index >= 15 is 0 Å². The van der Waals surface area contributed by atoms with Crippen molar-refractivity contribution < 1.29 is 9.53 Å². The molecule has 1 aliphatic rings. The van der Waals surface area contributed by atoms with Crippen molar-refractivity contribution in [3.05, 3.63) is 0 Å². The Balaban J connectivity index is 2.64. The van der Waals surface area contributed by atoms with Crippen LogP contribution in [0.2, 0.25) is 0 Å². The van der Waals surface area contributed by atoms with E-state index in [9.17, 15) is 4.79 Å². The second kappa shape index (κ2) is 4.04. The monoisotopic (exact) mass is 170 g/mol. The molecule has 12 heavy (non-hydrogen) atoms. The Kier molecular flexibility index (Phi) is 3.27. The fourth-order valence-corrected chi connectivity index (χ4v) is 2.21. The van der Waals surface area contributed by atoms with Crippen LogP contribution in [-0.4, -0.2) is 19.5 Å². The summed E-state index contributed by atoms with van der Waals surface area (Å²) in [6.45, 7) is 2.57. The summed E-state index contributed by atoms with van der Waals surface area (Å²) in [4.78, 5) is 11.6. The highest BCUT2D eigenvalue weighted by Crippen LogP contribution is 2.39. The van der Waals surface area contributed by atoms with Gasteiger partial charge >= 0.3 is 0 Å². The Morgan fingerprint density at radius 3 is 2.42 bits per heavy atom. The molecular weight excluding hydrogens is 152 g/mol. The summed E-state index contributed by atoms with van der Waals surface area (Å²) >= 11 is 0. The lowest BCUT2D eigenvalue weighted by molar-refractivity contribution is -0.131. The molecule has 1 fully saturated rings. The van der Waals surface area contributed by atoms with E-state index in [4.69, 9.17) is 4.74 Å². The zero-order valence-corrected chi connectivity index (χ0v) is 8.06. The van der Waals surface area contributed by atoms with Crippen LogP contribution in [0.5, 0.6) is 0 Å². The largest absolute Gasteiger partial charge is 0.384 e. The Morgan fingerprint density at radius 1 is 1.42 bits per heavy atom. The molecular formula is C10H18O2. The van der Waals surface area contributed by atoms with Crippen LogP contribution >= 0.6 is 0 Å². The molecule has 0 unspecified atom stereocenters. The molecule has 0 heterocycles. The first-order chi connectivity index (χ1) is 5.75. The van der Waals surface area contributed by atoms with Crippen LogP contribution in [-0.2, 0) is 9.53 Å². The highest BCUT2D eigenvalue weighted by atomic mass is 16.5. The molecule has 1 rings (SSSR count). The zero-order valence-electron chi connectivity index (χ0n) is 8.06. The lowest BCUT2D eigenvalue weighted by Crippen LogP contribution is -2.32. The van der Waals surface area contributed by atoms with Crippen molar-refractivity contribution in [1.29, 1.82) is 0 Å². The summed E-state index contributed by atoms with van der Waals surface area (Å²) in [6.07, 6.45) is 5.11. The fraction of sp³-hybridized carbons (Fsp3) is 0.900. The van der Waals surface area contributed by atoms with Gasteiger partial charge in [-0.2, -0.15) is 0 Å². The first kappa shape index (κ1) is 9.72. The van der Waals surface area contributed by atoms with Crippen molar-refractivity contribution in [3.8, 4) is 0 Å². The highest BCUT2D eigenvalue weighted by Gasteiger charge is 2.39. The topological polar surface area (TPSA) is 26.3 Å². The quantitative estimate of drug-likeness (QED) is 0.646. The van der Waals surface area contributed by atoms with Crippen LogP contribution in [0.25, 0.3) is 0 Å². The molecule has 1 aliphatic carbocycles. The van der Waals surface area contributed by atoms with Gasteiger partial charge in [0.15, 0.2) is 0 Å². The first-order valence-corrected chi connectivity index (χ1v) is 4.77. The molecule has 0 aromatic carbocycles. The number of carbonyl (C=O) groups is 1. The summed E-state index contributed by atoms with van der Waals surface area (Å²) in [6, 6.07) is 0. The molecule has 70 valence electrons. The average molecular weight is 170 g/mol. The molecule has 0 N–H and O–H groups in total. The van der Waals surface area contributed by atoms with Gasteiger partial charge in [0.1, 0.15) is 5.78 Å². The van der Waals surface area contributed by atoms with E-state index in [-0.39, 0.29) is 5.41 Å². The van der Waals surface area contributed by atoms with Gasteiger partial charge in [-0.1, -0.05) is 19.8 Å². The number of ether oxygens (including phenoxy) is 1. The molecule has 0 atom stereocenters. The fourth-order valence-electron chi connectivity index (χ4n) is 2.21. The maximum Gasteiger partial charge on any atom is 0.141 e. The molecule has 0 aromatic rings. The van der Waals surface area contributed by atoms with E-state index in [1.165, 1.54) is 12.8 Å². The van der Waals surface area contributed by atoms with E-state index in [1.807, 2.05) is 6.92 Å². The second-order valence-electron chi connectivity index (χ2n) is 3.70. The molecule has 0 aromatic heterocycles. The van der Waals surface area contributed by atoms with Gasteiger partial charge in [0.25, 0.3) is 0 Å². The normalized spacial score (nSPS) is 21.2. The Hall–Kier alpha value is -0.370. The van der Waals surface area contributed by atoms with Crippen molar-refractivity contribution >= 4 is 5.78 Å². The lowest BCUT2D eigenvalue weighted by Gasteiger charge is -2.25. The van der Waals surface area contributed by atoms with Crippen molar-refractivity contribution in [1.82, 2.24) is 0 Å². The van der Waals surface area contributed by atoms with E-state index in [0.29, 0.717) is 18.8 Å². The number of rotatable bonds is 4. The van der Waals surface area contributed by atoms with Crippen molar-refractivity contribution in [2.75, 3.05) is 13.7 Å². The Morgan fingerprint density at radius 2 is 2.00 bits per heavy atom. The first-order valence-electron chi connectivity index (χ1n) is 4.77. The standard InChI is InChI=1S/C10H18O2/c1-3-9(11)10(8-12-2)6-4-5-7-10/h3-8H2,1-2H3. The van der Waals surface area contributed by atoms with Crippen molar-refractivity contribution in [3.63, 3.8) is 0 Å². The SMILES string of the molecule is CCC(=O)C1(COC)CCCC1. The molecule has 0 radical (unpaired) electrons. The van der Waals surface area contributed by atoms with Gasteiger partial charge in [-0.05, 0) is 12.8 Å². The van der Waals surface area contributed by atoms with Crippen LogP contribution in [0.1, 0.15) is 39.0 Å². The minimum Gasteiger partial charge on any atom is -0.384 e. The number of ketones is 1. The molecule has 2 nitrogen and oxygen atoms in total. The van der Waals surface area contributed by atoms with E-state index in [0.717, 1.165) is 12.8 Å². The van der Waals surface area contributed by atoms with E-state index in [2.05, 4.69) is 0 Å². The lowest BCUT2D eigenvalue weighted by atomic mass is 9.81. The van der Waals surface area contributed by atoms with E-state index in [1.54, 1.807) is 7.11 Å². The Labute approximate surface area is 74.3 Å². The predicted octanol–water partition coefficient (Wildman–Crippen LogP) is 2.17. The summed E-state index contributed by atoms with van der Waals surface area (Å²) in [5.74, 6) is 0.391. The van der Waals surface area contributed by atoms with Gasteiger partial charge in [0.05, 0.1) is 12.0 Å². The molecule has 1 saturated carbocycles. The third-order valence-electron chi connectivity index (χ3n) is 2.89. The van der Waals surface area contributed by atoms with Crippen LogP contribution in [0.15, 0.2) is 0 Å². The third kappa shape index (κ3) is 1.69. The minimum absolute atomic E-state index is 0.108. The number of methoxy groups -OCH3 is 1. The summed E-state index contributed by atoms with van der Waals surface area (Å²) < 4.78 is 5.13. The second-order valence-corrected chi connectivity index (χ2v) is 3.70. The maximum atomic E-state index is 11.6. The molecule has 0 amide bonds. The Bertz CT molecular complexity index is 157. The smallest absolute Gasteiger partial charge is 0.141 e. The van der Waals surface area contributed by atoms with Crippen molar-refractivity contribution in [2.45, 2.75) is 39.0 Å². The molecule has 0 spiro atoms. The highest BCUT2D eigenvalue weighted by molar-refractivity contribution is 5.84. The number of hydrogen-bond acceptors (Lipinski definition) is 2. The van der Waals surface area contributed by atoms with Gasteiger partial charge in [-0.3, -0.25) is 4.79 Å². The average Bonchev–Trinajstić information content (AvgIpc) is 2.53.